The molecule has 0 fully saturated rings. The van der Waals surface area contributed by atoms with Crippen LogP contribution in [0.3, 0.4) is 0 Å². The van der Waals surface area contributed by atoms with Gasteiger partial charge in [0.2, 0.25) is 0 Å². The molecular weight excluding hydrogens is 280 g/mol. The van der Waals surface area contributed by atoms with E-state index in [0.717, 1.165) is 17.1 Å². The smallest absolute Gasteiger partial charge is 0.315 e. The molecule has 2 aromatic rings. The molecule has 2 aromatic heterocycles. The van der Waals surface area contributed by atoms with Crippen LogP contribution >= 0.6 is 0 Å². The molecule has 2 rings (SSSR count). The maximum absolute atomic E-state index is 11.8. The van der Waals surface area contributed by atoms with Crippen LogP contribution in [0.1, 0.15) is 18.2 Å². The molecule has 0 saturated heterocycles. The molecule has 1 unspecified atom stereocenters. The van der Waals surface area contributed by atoms with Crippen molar-refractivity contribution in [1.82, 2.24) is 15.6 Å². The van der Waals surface area contributed by atoms with E-state index in [1.54, 1.807) is 12.5 Å². The molecule has 22 heavy (non-hydrogen) atoms. The fourth-order valence-electron chi connectivity index (χ4n) is 2.02. The third-order valence-corrected chi connectivity index (χ3v) is 3.19. The van der Waals surface area contributed by atoms with E-state index in [1.807, 2.05) is 50.2 Å². The second-order valence-electron chi connectivity index (χ2n) is 5.43. The maximum atomic E-state index is 11.8. The van der Waals surface area contributed by atoms with E-state index in [1.165, 1.54) is 0 Å². The number of anilines is 1. The van der Waals surface area contributed by atoms with Crippen molar-refractivity contribution in [3.8, 4) is 0 Å². The average molecular weight is 302 g/mol. The van der Waals surface area contributed by atoms with Gasteiger partial charge < -0.3 is 20.0 Å². The highest BCUT2D eigenvalue weighted by atomic mass is 16.3. The van der Waals surface area contributed by atoms with Crippen molar-refractivity contribution in [2.75, 3.05) is 19.0 Å². The highest BCUT2D eigenvalue weighted by Crippen LogP contribution is 2.07. The summed E-state index contributed by atoms with van der Waals surface area (Å²) in [6.07, 6.45) is 4.06. The summed E-state index contributed by atoms with van der Waals surface area (Å²) in [7, 11) is 3.88. The van der Waals surface area contributed by atoms with E-state index in [9.17, 15) is 4.79 Å². The van der Waals surface area contributed by atoms with Gasteiger partial charge in [0.15, 0.2) is 0 Å². The zero-order valence-electron chi connectivity index (χ0n) is 13.2. The number of urea groups is 1. The molecule has 0 radical (unpaired) electrons. The van der Waals surface area contributed by atoms with Gasteiger partial charge in [0.25, 0.3) is 0 Å². The maximum Gasteiger partial charge on any atom is 0.315 e. The van der Waals surface area contributed by atoms with Gasteiger partial charge in [-0.15, -0.1) is 0 Å². The van der Waals surface area contributed by atoms with Crippen LogP contribution in [0.2, 0.25) is 0 Å². The lowest BCUT2D eigenvalue weighted by Crippen LogP contribution is -2.41. The van der Waals surface area contributed by atoms with E-state index in [0.29, 0.717) is 13.0 Å². The highest BCUT2D eigenvalue weighted by Gasteiger charge is 2.09. The summed E-state index contributed by atoms with van der Waals surface area (Å²) < 4.78 is 5.26. The quantitative estimate of drug-likeness (QED) is 0.858. The fraction of sp³-hybridized carbons (Fsp3) is 0.375. The van der Waals surface area contributed by atoms with Crippen molar-refractivity contribution in [2.24, 2.45) is 0 Å². The molecule has 0 aliphatic carbocycles. The van der Waals surface area contributed by atoms with Crippen molar-refractivity contribution in [2.45, 2.75) is 25.9 Å². The van der Waals surface area contributed by atoms with Crippen LogP contribution in [0.5, 0.6) is 0 Å². The Morgan fingerprint density at radius 2 is 2.18 bits per heavy atom. The minimum Gasteiger partial charge on any atom is -0.469 e. The first kappa shape index (κ1) is 15.9. The third kappa shape index (κ3) is 4.80. The summed E-state index contributed by atoms with van der Waals surface area (Å²) in [5.41, 5.74) is 0.958. The molecule has 6 heteroatoms. The predicted molar refractivity (Wildman–Crippen MR) is 85.8 cm³/mol. The monoisotopic (exact) mass is 302 g/mol. The molecule has 0 bridgehead atoms. The van der Waals surface area contributed by atoms with Gasteiger partial charge in [-0.3, -0.25) is 0 Å². The summed E-state index contributed by atoms with van der Waals surface area (Å²) in [4.78, 5) is 18.1. The number of hydrogen-bond acceptors (Lipinski definition) is 4. The van der Waals surface area contributed by atoms with Crippen LogP contribution in [0.4, 0.5) is 10.6 Å². The molecule has 0 aliphatic heterocycles. The number of nitrogens with zero attached hydrogens (tertiary/aromatic N) is 2. The van der Waals surface area contributed by atoms with Crippen molar-refractivity contribution in [3.05, 3.63) is 48.0 Å². The van der Waals surface area contributed by atoms with Gasteiger partial charge in [-0.1, -0.05) is 6.07 Å². The second kappa shape index (κ2) is 7.49. The number of aromatic nitrogens is 1. The molecule has 2 N–H and O–H groups in total. The Hall–Kier alpha value is -2.50. The van der Waals surface area contributed by atoms with Crippen LogP contribution in [0, 0.1) is 0 Å². The molecular formula is C16H22N4O2. The first-order valence-corrected chi connectivity index (χ1v) is 7.23. The average Bonchev–Trinajstić information content (AvgIpc) is 2.98. The van der Waals surface area contributed by atoms with Crippen molar-refractivity contribution in [3.63, 3.8) is 0 Å². The highest BCUT2D eigenvalue weighted by molar-refractivity contribution is 5.74. The Bertz CT molecular complexity index is 579. The lowest BCUT2D eigenvalue weighted by Gasteiger charge is -2.14. The zero-order chi connectivity index (χ0) is 15.9. The summed E-state index contributed by atoms with van der Waals surface area (Å²) in [5.74, 6) is 1.75. The lowest BCUT2D eigenvalue weighted by atomic mass is 10.2. The van der Waals surface area contributed by atoms with Crippen LogP contribution in [-0.4, -0.2) is 31.2 Å². The zero-order valence-corrected chi connectivity index (χ0v) is 13.2. The molecule has 118 valence electrons. The van der Waals surface area contributed by atoms with E-state index in [-0.39, 0.29) is 12.1 Å². The lowest BCUT2D eigenvalue weighted by molar-refractivity contribution is 0.237. The van der Waals surface area contributed by atoms with Gasteiger partial charge in [-0.05, 0) is 30.7 Å². The summed E-state index contributed by atoms with van der Waals surface area (Å²) >= 11 is 0. The first-order valence-electron chi connectivity index (χ1n) is 7.23. The minimum absolute atomic E-state index is 0.000363. The van der Waals surface area contributed by atoms with Crippen LogP contribution in [0.15, 0.2) is 41.1 Å². The number of amides is 2. The van der Waals surface area contributed by atoms with E-state index < -0.39 is 0 Å². The SMILES string of the molecule is CC(Cc1ccco1)NC(=O)NCc1ccc(N(C)C)nc1. The Balaban J connectivity index is 1.75. The van der Waals surface area contributed by atoms with E-state index >= 15 is 0 Å². The summed E-state index contributed by atoms with van der Waals surface area (Å²) in [6.45, 7) is 2.38. The van der Waals surface area contributed by atoms with Crippen LogP contribution < -0.4 is 15.5 Å². The van der Waals surface area contributed by atoms with Gasteiger partial charge in [0.1, 0.15) is 11.6 Å². The van der Waals surface area contributed by atoms with Crippen molar-refractivity contribution >= 4 is 11.8 Å². The molecule has 0 spiro atoms. The van der Waals surface area contributed by atoms with E-state index in [4.69, 9.17) is 4.42 Å². The molecule has 0 saturated carbocycles. The minimum atomic E-state index is -0.198. The predicted octanol–water partition coefficient (Wildman–Crippen LogP) is 2.17. The molecule has 6 nitrogen and oxygen atoms in total. The molecule has 0 aliphatic rings. The third-order valence-electron chi connectivity index (χ3n) is 3.19. The van der Waals surface area contributed by atoms with Crippen LogP contribution in [0.25, 0.3) is 0 Å². The Labute approximate surface area is 130 Å². The van der Waals surface area contributed by atoms with Crippen LogP contribution in [-0.2, 0) is 13.0 Å². The normalized spacial score (nSPS) is 11.8. The van der Waals surface area contributed by atoms with Crippen molar-refractivity contribution < 1.29 is 9.21 Å². The fourth-order valence-corrected chi connectivity index (χ4v) is 2.02. The second-order valence-corrected chi connectivity index (χ2v) is 5.43. The standard InChI is InChI=1S/C16H22N4O2/c1-12(9-14-5-4-8-22-14)19-16(21)18-11-13-6-7-15(17-10-13)20(2)3/h4-8,10,12H,9,11H2,1-3H3,(H2,18,19,21). The summed E-state index contributed by atoms with van der Waals surface area (Å²) in [5, 5.41) is 5.70. The number of hydrogen-bond donors (Lipinski definition) is 2. The number of carbonyl (C=O) groups excluding carboxylic acids is 1. The Kier molecular flexibility index (Phi) is 5.41. The molecule has 1 atom stereocenters. The van der Waals surface area contributed by atoms with Gasteiger partial charge >= 0.3 is 6.03 Å². The number of rotatable bonds is 6. The number of pyridine rings is 1. The van der Waals surface area contributed by atoms with Crippen molar-refractivity contribution in [1.29, 1.82) is 0 Å². The van der Waals surface area contributed by atoms with Gasteiger partial charge in [-0.25, -0.2) is 9.78 Å². The van der Waals surface area contributed by atoms with Gasteiger partial charge in [0, 0.05) is 39.3 Å². The first-order chi connectivity index (χ1) is 10.5. The number of carbonyl (C=O) groups is 1. The molecule has 2 heterocycles. The van der Waals surface area contributed by atoms with Gasteiger partial charge in [-0.2, -0.15) is 0 Å². The number of nitrogens with one attached hydrogen (secondary N) is 2. The summed E-state index contributed by atoms with van der Waals surface area (Å²) in [6, 6.07) is 7.42. The topological polar surface area (TPSA) is 70.4 Å². The Morgan fingerprint density at radius 3 is 2.77 bits per heavy atom. The Morgan fingerprint density at radius 1 is 1.36 bits per heavy atom. The van der Waals surface area contributed by atoms with E-state index in [2.05, 4.69) is 15.6 Å². The van der Waals surface area contributed by atoms with Gasteiger partial charge in [0.05, 0.1) is 6.26 Å². The molecule has 0 aromatic carbocycles. The largest absolute Gasteiger partial charge is 0.469 e. The number of furan rings is 1. The molecule has 2 amide bonds.